The molecule has 5 nitrogen and oxygen atoms in total. The monoisotopic (exact) mass is 357 g/mol. The van der Waals surface area contributed by atoms with E-state index in [1.807, 2.05) is 30.3 Å². The number of piperidine rings is 1. The molecule has 1 aliphatic rings. The molecule has 0 saturated carbocycles. The summed E-state index contributed by atoms with van der Waals surface area (Å²) < 4.78 is 0. The molecule has 3 rings (SSSR count). The molecule has 1 N–H and O–H groups in total. The Morgan fingerprint density at radius 1 is 1.12 bits per heavy atom. The van der Waals surface area contributed by atoms with Gasteiger partial charge in [0.2, 0.25) is 0 Å². The summed E-state index contributed by atoms with van der Waals surface area (Å²) in [6.07, 6.45) is 0.756. The molecule has 2 aromatic rings. The highest BCUT2D eigenvalue weighted by Gasteiger charge is 2.44. The number of Topliss-reactive ketones (excluding diaryl/α,β-unsaturated/α-hetero) is 1. The minimum atomic E-state index is -0.946. The van der Waals surface area contributed by atoms with Crippen molar-refractivity contribution in [1.29, 1.82) is 0 Å². The van der Waals surface area contributed by atoms with Crippen LogP contribution in [0.15, 0.2) is 41.8 Å². The summed E-state index contributed by atoms with van der Waals surface area (Å²) in [6.45, 7) is 2.24. The molecule has 1 fully saturated rings. The summed E-state index contributed by atoms with van der Waals surface area (Å²) >= 11 is 1.25. The molecule has 130 valence electrons. The van der Waals surface area contributed by atoms with Crippen LogP contribution in [0.3, 0.4) is 0 Å². The number of benzene rings is 1. The van der Waals surface area contributed by atoms with E-state index >= 15 is 0 Å². The fourth-order valence-corrected chi connectivity index (χ4v) is 4.18. The molecule has 1 amide bonds. The van der Waals surface area contributed by atoms with Crippen molar-refractivity contribution >= 4 is 29.0 Å². The number of rotatable bonds is 4. The Morgan fingerprint density at radius 3 is 2.28 bits per heavy atom. The summed E-state index contributed by atoms with van der Waals surface area (Å²) in [5.74, 6) is -1.05. The molecule has 1 aromatic heterocycles. The van der Waals surface area contributed by atoms with E-state index in [-0.39, 0.29) is 11.7 Å². The lowest BCUT2D eigenvalue weighted by atomic mass is 9.73. The van der Waals surface area contributed by atoms with Gasteiger partial charge >= 0.3 is 5.97 Å². The Kier molecular flexibility index (Phi) is 4.72. The Morgan fingerprint density at radius 2 is 1.76 bits per heavy atom. The summed E-state index contributed by atoms with van der Waals surface area (Å²) in [7, 11) is 0. The van der Waals surface area contributed by atoms with Crippen LogP contribution in [0, 0.1) is 0 Å². The van der Waals surface area contributed by atoms with Crippen LogP contribution < -0.4 is 0 Å². The van der Waals surface area contributed by atoms with Crippen molar-refractivity contribution in [2.45, 2.75) is 25.2 Å². The zero-order chi connectivity index (χ0) is 18.0. The van der Waals surface area contributed by atoms with E-state index in [0.29, 0.717) is 36.4 Å². The lowest BCUT2D eigenvalue weighted by Gasteiger charge is -2.39. The maximum atomic E-state index is 12.6. The normalized spacial score (nSPS) is 16.4. The smallest absolute Gasteiger partial charge is 0.314 e. The molecule has 0 radical (unpaired) electrons. The highest BCUT2D eigenvalue weighted by Crippen LogP contribution is 2.36. The van der Waals surface area contributed by atoms with Gasteiger partial charge in [0.25, 0.3) is 5.91 Å². The van der Waals surface area contributed by atoms with E-state index in [4.69, 9.17) is 0 Å². The van der Waals surface area contributed by atoms with Gasteiger partial charge < -0.3 is 10.0 Å². The number of ketones is 1. The number of amides is 1. The van der Waals surface area contributed by atoms with Crippen molar-refractivity contribution in [3.05, 3.63) is 57.8 Å². The average Bonchev–Trinajstić information content (AvgIpc) is 3.12. The topological polar surface area (TPSA) is 74.7 Å². The first-order valence-electron chi connectivity index (χ1n) is 8.12. The van der Waals surface area contributed by atoms with Crippen molar-refractivity contribution in [3.63, 3.8) is 0 Å². The Balaban J connectivity index is 1.76. The van der Waals surface area contributed by atoms with Gasteiger partial charge in [-0.15, -0.1) is 11.3 Å². The molecule has 1 aliphatic heterocycles. The third-order valence-electron chi connectivity index (χ3n) is 4.86. The molecule has 1 aromatic carbocycles. The van der Waals surface area contributed by atoms with Gasteiger partial charge in [0.05, 0.1) is 10.3 Å². The van der Waals surface area contributed by atoms with Crippen LogP contribution in [0.5, 0.6) is 0 Å². The van der Waals surface area contributed by atoms with Gasteiger partial charge in [-0.2, -0.15) is 0 Å². The van der Waals surface area contributed by atoms with Gasteiger partial charge in [0, 0.05) is 24.0 Å². The fraction of sp³-hybridized carbons (Fsp3) is 0.316. The molecule has 0 aliphatic carbocycles. The Labute approximate surface area is 149 Å². The number of carboxylic acids is 1. The van der Waals surface area contributed by atoms with Gasteiger partial charge in [-0.25, -0.2) is 0 Å². The average molecular weight is 357 g/mol. The van der Waals surface area contributed by atoms with Crippen LogP contribution in [0.1, 0.15) is 45.4 Å². The minimum absolute atomic E-state index is 0.0667. The minimum Gasteiger partial charge on any atom is -0.481 e. The van der Waals surface area contributed by atoms with Crippen LogP contribution in [-0.2, 0) is 10.2 Å². The van der Waals surface area contributed by atoms with Crippen LogP contribution >= 0.6 is 11.3 Å². The third kappa shape index (κ3) is 3.22. The largest absolute Gasteiger partial charge is 0.481 e. The van der Waals surface area contributed by atoms with Crippen LogP contribution in [0.2, 0.25) is 0 Å². The number of aliphatic carboxylic acids is 1. The van der Waals surface area contributed by atoms with Crippen LogP contribution in [0.4, 0.5) is 0 Å². The maximum Gasteiger partial charge on any atom is 0.314 e. The first-order valence-corrected chi connectivity index (χ1v) is 9.00. The number of thiophene rings is 1. The Bertz CT molecular complexity index is 804. The summed E-state index contributed by atoms with van der Waals surface area (Å²) in [6, 6.07) is 10.8. The Hall–Kier alpha value is -2.47. The molecule has 0 unspecified atom stereocenters. The highest BCUT2D eigenvalue weighted by molar-refractivity contribution is 7.12. The van der Waals surface area contributed by atoms with E-state index in [9.17, 15) is 19.5 Å². The van der Waals surface area contributed by atoms with E-state index in [0.717, 1.165) is 5.56 Å². The van der Waals surface area contributed by atoms with Gasteiger partial charge in [-0.1, -0.05) is 30.3 Å². The molecule has 6 heteroatoms. The number of hydrogen-bond acceptors (Lipinski definition) is 4. The van der Waals surface area contributed by atoms with E-state index in [1.54, 1.807) is 16.3 Å². The summed E-state index contributed by atoms with van der Waals surface area (Å²) in [5, 5.41) is 11.5. The molecule has 1 saturated heterocycles. The number of carboxylic acid groups (broad SMARTS) is 1. The zero-order valence-electron chi connectivity index (χ0n) is 13.9. The lowest BCUT2D eigenvalue weighted by Crippen LogP contribution is -2.49. The predicted molar refractivity (Wildman–Crippen MR) is 95.2 cm³/mol. The second-order valence-corrected chi connectivity index (χ2v) is 7.21. The van der Waals surface area contributed by atoms with E-state index in [2.05, 4.69) is 0 Å². The number of carbonyl (C=O) groups is 3. The number of likely N-dealkylation sites (tertiary alicyclic amines) is 1. The number of hydrogen-bond donors (Lipinski definition) is 1. The summed E-state index contributed by atoms with van der Waals surface area (Å²) in [5.41, 5.74) is 0.372. The van der Waals surface area contributed by atoms with E-state index < -0.39 is 11.4 Å². The highest BCUT2D eigenvalue weighted by atomic mass is 32.1. The van der Waals surface area contributed by atoms with Crippen molar-refractivity contribution in [2.24, 2.45) is 0 Å². The quantitative estimate of drug-likeness (QED) is 0.853. The molecule has 0 spiro atoms. The first-order chi connectivity index (χ1) is 11.9. The predicted octanol–water partition coefficient (Wildman–Crippen LogP) is 3.21. The second kappa shape index (κ2) is 6.80. The van der Waals surface area contributed by atoms with Crippen LogP contribution in [-0.4, -0.2) is 40.8 Å². The molecule has 2 heterocycles. The first kappa shape index (κ1) is 17.4. The second-order valence-electron chi connectivity index (χ2n) is 6.30. The molecular formula is C19H19NO4S. The maximum absolute atomic E-state index is 12.6. The van der Waals surface area contributed by atoms with Crippen LogP contribution in [0.25, 0.3) is 0 Å². The van der Waals surface area contributed by atoms with Crippen molar-refractivity contribution in [3.8, 4) is 0 Å². The molecule has 0 bridgehead atoms. The summed E-state index contributed by atoms with van der Waals surface area (Å²) in [4.78, 5) is 38.2. The fourth-order valence-electron chi connectivity index (χ4n) is 3.26. The zero-order valence-corrected chi connectivity index (χ0v) is 14.7. The number of nitrogens with zero attached hydrogens (tertiary/aromatic N) is 1. The molecular weight excluding hydrogens is 338 g/mol. The SMILES string of the molecule is CC(=O)c1csc(C(=O)N2CCC(C(=O)O)(c3ccccc3)CC2)c1. The van der Waals surface area contributed by atoms with Gasteiger partial charge in [0.15, 0.2) is 5.78 Å². The van der Waals surface area contributed by atoms with Gasteiger partial charge in [0.1, 0.15) is 0 Å². The third-order valence-corrected chi connectivity index (χ3v) is 5.77. The molecule has 0 atom stereocenters. The van der Waals surface area contributed by atoms with Crippen molar-refractivity contribution in [2.75, 3.05) is 13.1 Å². The van der Waals surface area contributed by atoms with Crippen molar-refractivity contribution < 1.29 is 19.5 Å². The van der Waals surface area contributed by atoms with Gasteiger partial charge in [-0.3, -0.25) is 14.4 Å². The number of carbonyl (C=O) groups excluding carboxylic acids is 2. The van der Waals surface area contributed by atoms with Crippen molar-refractivity contribution in [1.82, 2.24) is 4.90 Å². The van der Waals surface area contributed by atoms with Gasteiger partial charge in [-0.05, 0) is 31.4 Å². The molecule has 25 heavy (non-hydrogen) atoms. The standard InChI is InChI=1S/C19H19NO4S/c1-13(21)14-11-16(25-12-14)17(22)20-9-7-19(8-10-20,18(23)24)15-5-3-2-4-6-15/h2-6,11-12H,7-10H2,1H3,(H,23,24). The van der Waals surface area contributed by atoms with E-state index in [1.165, 1.54) is 18.3 Å². The lowest BCUT2D eigenvalue weighted by molar-refractivity contribution is -0.145.